The summed E-state index contributed by atoms with van der Waals surface area (Å²) in [5, 5.41) is 0. The Hall–Kier alpha value is -1.96. The van der Waals surface area contributed by atoms with Gasteiger partial charge in [0.1, 0.15) is 18.1 Å². The molecular formula is C14H13O2. The molecular weight excluding hydrogens is 200 g/mol. The van der Waals surface area contributed by atoms with Crippen LogP contribution in [0.4, 0.5) is 0 Å². The Labute approximate surface area is 95.4 Å². The van der Waals surface area contributed by atoms with Gasteiger partial charge in [0.05, 0.1) is 7.11 Å². The van der Waals surface area contributed by atoms with Crippen LogP contribution in [0.1, 0.15) is 5.56 Å². The SMILES string of the molecule is COc1ccc(COc2cc[c]cc2)cc1. The summed E-state index contributed by atoms with van der Waals surface area (Å²) in [5.74, 6) is 1.72. The van der Waals surface area contributed by atoms with Crippen LogP contribution < -0.4 is 9.47 Å². The van der Waals surface area contributed by atoms with Crippen molar-refractivity contribution in [2.45, 2.75) is 6.61 Å². The molecule has 0 aromatic heterocycles. The number of hydrogen-bond donors (Lipinski definition) is 0. The first-order valence-corrected chi connectivity index (χ1v) is 5.10. The van der Waals surface area contributed by atoms with Crippen molar-refractivity contribution in [1.82, 2.24) is 0 Å². The number of ether oxygens (including phenoxy) is 2. The summed E-state index contributed by atoms with van der Waals surface area (Å²) in [6.07, 6.45) is 0. The second kappa shape index (κ2) is 5.21. The summed E-state index contributed by atoms with van der Waals surface area (Å²) >= 11 is 0. The summed E-state index contributed by atoms with van der Waals surface area (Å²) in [5.41, 5.74) is 1.12. The Morgan fingerprint density at radius 1 is 0.938 bits per heavy atom. The lowest BCUT2D eigenvalue weighted by atomic mass is 10.2. The quantitative estimate of drug-likeness (QED) is 0.777. The van der Waals surface area contributed by atoms with Crippen LogP contribution in [-0.4, -0.2) is 7.11 Å². The van der Waals surface area contributed by atoms with E-state index in [9.17, 15) is 0 Å². The van der Waals surface area contributed by atoms with Gasteiger partial charge in [-0.3, -0.25) is 0 Å². The van der Waals surface area contributed by atoms with Crippen molar-refractivity contribution in [3.63, 3.8) is 0 Å². The molecule has 0 N–H and O–H groups in total. The van der Waals surface area contributed by atoms with Gasteiger partial charge in [0.15, 0.2) is 0 Å². The van der Waals surface area contributed by atoms with E-state index < -0.39 is 0 Å². The van der Waals surface area contributed by atoms with Gasteiger partial charge in [-0.1, -0.05) is 24.3 Å². The van der Waals surface area contributed by atoms with E-state index in [1.807, 2.05) is 48.5 Å². The molecule has 0 saturated heterocycles. The molecule has 0 amide bonds. The molecule has 81 valence electrons. The van der Waals surface area contributed by atoms with E-state index in [1.54, 1.807) is 7.11 Å². The predicted molar refractivity (Wildman–Crippen MR) is 62.6 cm³/mol. The van der Waals surface area contributed by atoms with Crippen molar-refractivity contribution in [3.05, 3.63) is 60.2 Å². The minimum absolute atomic E-state index is 0.563. The highest BCUT2D eigenvalue weighted by Crippen LogP contribution is 2.14. The molecule has 0 spiro atoms. The maximum Gasteiger partial charge on any atom is 0.119 e. The summed E-state index contributed by atoms with van der Waals surface area (Å²) in [6, 6.07) is 18.3. The Morgan fingerprint density at radius 2 is 1.62 bits per heavy atom. The van der Waals surface area contributed by atoms with Gasteiger partial charge in [0.2, 0.25) is 0 Å². The van der Waals surface area contributed by atoms with Crippen molar-refractivity contribution in [1.29, 1.82) is 0 Å². The summed E-state index contributed by atoms with van der Waals surface area (Å²) in [6.45, 7) is 0.563. The Bertz CT molecular complexity index is 420. The summed E-state index contributed by atoms with van der Waals surface area (Å²) in [4.78, 5) is 0. The standard InChI is InChI=1S/C14H13O2/c1-15-13-9-7-12(8-10-13)11-16-14-5-3-2-4-6-14/h3-10H,11H2,1H3. The molecule has 2 rings (SSSR count). The van der Waals surface area contributed by atoms with Crippen molar-refractivity contribution < 1.29 is 9.47 Å². The van der Waals surface area contributed by atoms with E-state index in [0.29, 0.717) is 6.61 Å². The lowest BCUT2D eigenvalue weighted by Gasteiger charge is -2.06. The zero-order chi connectivity index (χ0) is 11.2. The lowest BCUT2D eigenvalue weighted by molar-refractivity contribution is 0.306. The smallest absolute Gasteiger partial charge is 0.119 e. The number of rotatable bonds is 4. The maximum atomic E-state index is 5.60. The van der Waals surface area contributed by atoms with E-state index >= 15 is 0 Å². The fourth-order valence-electron chi connectivity index (χ4n) is 1.36. The van der Waals surface area contributed by atoms with Gasteiger partial charge in [-0.05, 0) is 35.9 Å². The van der Waals surface area contributed by atoms with Crippen LogP contribution in [0, 0.1) is 6.07 Å². The summed E-state index contributed by atoms with van der Waals surface area (Å²) in [7, 11) is 1.66. The van der Waals surface area contributed by atoms with Crippen molar-refractivity contribution in [3.8, 4) is 11.5 Å². The fraction of sp³-hybridized carbons (Fsp3) is 0.143. The second-order valence-corrected chi connectivity index (χ2v) is 3.37. The van der Waals surface area contributed by atoms with Crippen LogP contribution in [0.2, 0.25) is 0 Å². The lowest BCUT2D eigenvalue weighted by Crippen LogP contribution is -1.95. The molecule has 2 aromatic carbocycles. The van der Waals surface area contributed by atoms with Crippen LogP contribution in [0.25, 0.3) is 0 Å². The minimum atomic E-state index is 0.563. The zero-order valence-corrected chi connectivity index (χ0v) is 9.14. The Morgan fingerprint density at radius 3 is 2.25 bits per heavy atom. The highest BCUT2D eigenvalue weighted by atomic mass is 16.5. The van der Waals surface area contributed by atoms with Crippen LogP contribution in [0.5, 0.6) is 11.5 Å². The third-order valence-corrected chi connectivity index (χ3v) is 2.25. The Kier molecular flexibility index (Phi) is 3.44. The average Bonchev–Trinajstić information content (AvgIpc) is 2.38. The average molecular weight is 213 g/mol. The molecule has 0 fully saturated rings. The van der Waals surface area contributed by atoms with Crippen LogP contribution in [0.15, 0.2) is 48.5 Å². The molecule has 0 bridgehead atoms. The van der Waals surface area contributed by atoms with Crippen molar-refractivity contribution in [2.24, 2.45) is 0 Å². The molecule has 2 heteroatoms. The predicted octanol–water partition coefficient (Wildman–Crippen LogP) is 3.07. The van der Waals surface area contributed by atoms with Gasteiger partial charge < -0.3 is 9.47 Å². The summed E-state index contributed by atoms with van der Waals surface area (Å²) < 4.78 is 10.7. The first kappa shape index (κ1) is 10.6. The van der Waals surface area contributed by atoms with Crippen LogP contribution >= 0.6 is 0 Å². The van der Waals surface area contributed by atoms with Gasteiger partial charge in [-0.25, -0.2) is 0 Å². The van der Waals surface area contributed by atoms with Gasteiger partial charge >= 0.3 is 0 Å². The molecule has 0 saturated carbocycles. The second-order valence-electron chi connectivity index (χ2n) is 3.37. The zero-order valence-electron chi connectivity index (χ0n) is 9.14. The number of hydrogen-bond acceptors (Lipinski definition) is 2. The van der Waals surface area contributed by atoms with E-state index in [-0.39, 0.29) is 0 Å². The third kappa shape index (κ3) is 2.76. The van der Waals surface area contributed by atoms with Gasteiger partial charge in [-0.15, -0.1) is 0 Å². The first-order chi connectivity index (χ1) is 7.88. The van der Waals surface area contributed by atoms with E-state index in [2.05, 4.69) is 6.07 Å². The molecule has 2 nitrogen and oxygen atoms in total. The molecule has 16 heavy (non-hydrogen) atoms. The molecule has 1 radical (unpaired) electrons. The largest absolute Gasteiger partial charge is 0.497 e. The molecule has 2 aromatic rings. The monoisotopic (exact) mass is 213 g/mol. The van der Waals surface area contributed by atoms with E-state index in [1.165, 1.54) is 0 Å². The molecule has 0 aliphatic heterocycles. The molecule has 0 unspecified atom stereocenters. The van der Waals surface area contributed by atoms with Crippen LogP contribution in [-0.2, 0) is 6.61 Å². The van der Waals surface area contributed by atoms with Crippen molar-refractivity contribution >= 4 is 0 Å². The van der Waals surface area contributed by atoms with E-state index in [0.717, 1.165) is 17.1 Å². The normalized spacial score (nSPS) is 9.81. The van der Waals surface area contributed by atoms with E-state index in [4.69, 9.17) is 9.47 Å². The molecule has 0 aliphatic rings. The fourth-order valence-corrected chi connectivity index (χ4v) is 1.36. The molecule has 0 heterocycles. The number of benzene rings is 2. The number of methoxy groups -OCH3 is 1. The van der Waals surface area contributed by atoms with Gasteiger partial charge in [0.25, 0.3) is 0 Å². The van der Waals surface area contributed by atoms with Crippen molar-refractivity contribution in [2.75, 3.05) is 7.11 Å². The van der Waals surface area contributed by atoms with Gasteiger partial charge in [-0.2, -0.15) is 0 Å². The van der Waals surface area contributed by atoms with Crippen LogP contribution in [0.3, 0.4) is 0 Å². The third-order valence-electron chi connectivity index (χ3n) is 2.25. The molecule has 0 atom stereocenters. The maximum absolute atomic E-state index is 5.60. The highest BCUT2D eigenvalue weighted by Gasteiger charge is 1.96. The van der Waals surface area contributed by atoms with Gasteiger partial charge in [0, 0.05) is 0 Å². The topological polar surface area (TPSA) is 18.5 Å². The first-order valence-electron chi connectivity index (χ1n) is 5.10. The highest BCUT2D eigenvalue weighted by molar-refractivity contribution is 5.27. The minimum Gasteiger partial charge on any atom is -0.497 e. The Balaban J connectivity index is 1.94. The molecule has 0 aliphatic carbocycles.